The predicted octanol–water partition coefficient (Wildman–Crippen LogP) is 3.52. The average Bonchev–Trinajstić information content (AvgIpc) is 3.28. The number of hydrogen-bond donors (Lipinski definition) is 2. The van der Waals surface area contributed by atoms with E-state index in [1.807, 2.05) is 24.0 Å². The molecule has 0 aliphatic heterocycles. The predicted molar refractivity (Wildman–Crippen MR) is 109 cm³/mol. The number of aliphatic hydroxyl groups excluding tert-OH is 1. The summed E-state index contributed by atoms with van der Waals surface area (Å²) in [4.78, 5) is 16.3. The number of thioether (sulfide) groups is 1. The molecule has 0 amide bonds. The summed E-state index contributed by atoms with van der Waals surface area (Å²) in [6.45, 7) is 10.2. The van der Waals surface area contributed by atoms with Crippen LogP contribution in [0.25, 0.3) is 0 Å². The molecule has 3 aromatic rings. The fourth-order valence-corrected chi connectivity index (χ4v) is 3.42. The van der Waals surface area contributed by atoms with Crippen molar-refractivity contribution in [2.24, 2.45) is 0 Å². The molecule has 3 aromatic heterocycles. The zero-order valence-electron chi connectivity index (χ0n) is 16.9. The Kier molecular flexibility index (Phi) is 8.01. The maximum absolute atomic E-state index is 9.41. The summed E-state index contributed by atoms with van der Waals surface area (Å²) in [6.07, 6.45) is 7.09. The number of rotatable bonds is 6. The molecule has 0 unspecified atom stereocenters. The van der Waals surface area contributed by atoms with Crippen LogP contribution in [-0.4, -0.2) is 39.3 Å². The van der Waals surface area contributed by atoms with Gasteiger partial charge in [-0.05, 0) is 34.6 Å². The zero-order chi connectivity index (χ0) is 20.7. The van der Waals surface area contributed by atoms with Crippen LogP contribution in [0.4, 0.5) is 0 Å². The maximum Gasteiger partial charge on any atom is 0.215 e. The molecular weight excluding hydrogens is 376 g/mol. The fraction of sp³-hybridized carbons (Fsp3) is 0.474. The second-order valence-electron chi connectivity index (χ2n) is 6.87. The van der Waals surface area contributed by atoms with Gasteiger partial charge in [0, 0.05) is 41.5 Å². The van der Waals surface area contributed by atoms with Crippen LogP contribution in [0.15, 0.2) is 36.3 Å². The summed E-state index contributed by atoms with van der Waals surface area (Å²) in [5, 5.41) is 18.8. The maximum atomic E-state index is 9.41. The van der Waals surface area contributed by atoms with E-state index in [2.05, 4.69) is 52.2 Å². The van der Waals surface area contributed by atoms with Crippen LogP contribution >= 0.6 is 11.8 Å². The highest BCUT2D eigenvalue weighted by Crippen LogP contribution is 2.22. The van der Waals surface area contributed by atoms with Crippen LogP contribution in [-0.2, 0) is 12.4 Å². The lowest BCUT2D eigenvalue weighted by molar-refractivity contribution is 0.268. The number of aromatic hydroxyl groups is 1. The van der Waals surface area contributed by atoms with E-state index in [9.17, 15) is 5.11 Å². The molecule has 0 aliphatic rings. The number of hydrogen-bond acceptors (Lipinski definition) is 7. The van der Waals surface area contributed by atoms with Gasteiger partial charge in [0.25, 0.3) is 0 Å². The normalized spacial score (nSPS) is 11.0. The van der Waals surface area contributed by atoms with Crippen LogP contribution in [0.5, 0.6) is 5.88 Å². The summed E-state index contributed by atoms with van der Waals surface area (Å²) < 4.78 is 4.06. The van der Waals surface area contributed by atoms with Gasteiger partial charge >= 0.3 is 0 Å². The molecule has 3 heterocycles. The summed E-state index contributed by atoms with van der Waals surface area (Å²) in [5.74, 6) is 0.753. The van der Waals surface area contributed by atoms with Gasteiger partial charge < -0.3 is 19.3 Å². The molecule has 2 N–H and O–H groups in total. The van der Waals surface area contributed by atoms with Gasteiger partial charge in [-0.2, -0.15) is 4.98 Å². The van der Waals surface area contributed by atoms with E-state index in [4.69, 9.17) is 5.11 Å². The lowest BCUT2D eigenvalue weighted by Gasteiger charge is -2.10. The van der Waals surface area contributed by atoms with E-state index in [1.165, 1.54) is 11.8 Å². The van der Waals surface area contributed by atoms with Crippen molar-refractivity contribution in [3.63, 3.8) is 0 Å². The Hall–Kier alpha value is -2.39. The molecule has 0 fully saturated rings. The quantitative estimate of drug-likeness (QED) is 0.479. The largest absolute Gasteiger partial charge is 0.493 e. The van der Waals surface area contributed by atoms with E-state index in [1.54, 1.807) is 18.6 Å². The molecular formula is C19H28N6O2S. The fourth-order valence-electron chi connectivity index (χ4n) is 2.56. The Morgan fingerprint density at radius 3 is 2.04 bits per heavy atom. The van der Waals surface area contributed by atoms with Gasteiger partial charge in [-0.15, -0.1) is 0 Å². The second-order valence-corrected chi connectivity index (χ2v) is 7.81. The minimum atomic E-state index is 0.0161. The average molecular weight is 405 g/mol. The SMILES string of the molecule is CC(C)n1cncc1CO.Cc1cc(O)nc(SCc2cncn2C(C)C)n1. The summed E-state index contributed by atoms with van der Waals surface area (Å²) >= 11 is 1.49. The summed E-state index contributed by atoms with van der Waals surface area (Å²) in [5.41, 5.74) is 2.76. The molecule has 28 heavy (non-hydrogen) atoms. The van der Waals surface area contributed by atoms with Crippen molar-refractivity contribution in [1.29, 1.82) is 0 Å². The van der Waals surface area contributed by atoms with Crippen LogP contribution in [0.2, 0.25) is 0 Å². The first kappa shape index (κ1) is 21.9. The third kappa shape index (κ3) is 6.07. The molecule has 0 aliphatic carbocycles. The second kappa shape index (κ2) is 10.2. The van der Waals surface area contributed by atoms with Crippen molar-refractivity contribution < 1.29 is 10.2 Å². The standard InChI is InChI=1S/C12H16N4OS.C7H12N2O/c1-8(2)16-7-13-5-10(16)6-18-12-14-9(3)4-11(17)15-12;1-6(2)9-5-8-3-7(9)4-10/h4-5,7-8H,6H2,1-3H3,(H,14,15,17);3,5-6,10H,4H2,1-2H3. The number of aryl methyl sites for hydroxylation is 1. The molecule has 0 saturated heterocycles. The van der Waals surface area contributed by atoms with Crippen molar-refractivity contribution in [3.05, 3.63) is 48.2 Å². The van der Waals surface area contributed by atoms with Crippen molar-refractivity contribution in [2.75, 3.05) is 0 Å². The van der Waals surface area contributed by atoms with E-state index < -0.39 is 0 Å². The first-order valence-electron chi connectivity index (χ1n) is 9.11. The third-order valence-corrected chi connectivity index (χ3v) is 4.82. The van der Waals surface area contributed by atoms with E-state index in [0.717, 1.165) is 22.8 Å². The first-order chi connectivity index (χ1) is 13.3. The highest BCUT2D eigenvalue weighted by atomic mass is 32.2. The Morgan fingerprint density at radius 2 is 1.54 bits per heavy atom. The molecule has 0 saturated carbocycles. The van der Waals surface area contributed by atoms with E-state index in [0.29, 0.717) is 17.2 Å². The van der Waals surface area contributed by atoms with Crippen molar-refractivity contribution in [1.82, 2.24) is 29.1 Å². The molecule has 0 bridgehead atoms. The Labute approximate surface area is 169 Å². The molecule has 152 valence electrons. The van der Waals surface area contributed by atoms with Gasteiger partial charge in [0.05, 0.1) is 31.2 Å². The van der Waals surface area contributed by atoms with E-state index in [-0.39, 0.29) is 12.5 Å². The molecule has 3 rings (SSSR count). The van der Waals surface area contributed by atoms with Gasteiger partial charge in [-0.1, -0.05) is 11.8 Å². The minimum Gasteiger partial charge on any atom is -0.493 e. The molecule has 0 radical (unpaired) electrons. The summed E-state index contributed by atoms with van der Waals surface area (Å²) in [6, 6.07) is 2.31. The minimum absolute atomic E-state index is 0.0161. The van der Waals surface area contributed by atoms with Crippen molar-refractivity contribution in [2.45, 2.75) is 64.2 Å². The first-order valence-corrected chi connectivity index (χ1v) is 10.1. The van der Waals surface area contributed by atoms with Crippen molar-refractivity contribution in [3.8, 4) is 5.88 Å². The van der Waals surface area contributed by atoms with E-state index >= 15 is 0 Å². The topological polar surface area (TPSA) is 102 Å². The lowest BCUT2D eigenvalue weighted by atomic mass is 10.3. The van der Waals surface area contributed by atoms with Gasteiger partial charge in [0.15, 0.2) is 5.16 Å². The molecule has 0 spiro atoms. The molecule has 9 heteroatoms. The summed E-state index contributed by atoms with van der Waals surface area (Å²) in [7, 11) is 0. The number of nitrogens with zero attached hydrogens (tertiary/aromatic N) is 6. The monoisotopic (exact) mass is 404 g/mol. The highest BCUT2D eigenvalue weighted by Gasteiger charge is 2.08. The van der Waals surface area contributed by atoms with Crippen LogP contribution in [0, 0.1) is 6.92 Å². The number of imidazole rings is 2. The molecule has 0 atom stereocenters. The molecule has 0 aromatic carbocycles. The van der Waals surface area contributed by atoms with Crippen molar-refractivity contribution >= 4 is 11.8 Å². The van der Waals surface area contributed by atoms with Gasteiger partial charge in [0.2, 0.25) is 5.88 Å². The van der Waals surface area contributed by atoms with Crippen LogP contribution < -0.4 is 0 Å². The number of aromatic nitrogens is 6. The smallest absolute Gasteiger partial charge is 0.215 e. The Bertz CT molecular complexity index is 855. The Balaban J connectivity index is 0.000000237. The highest BCUT2D eigenvalue weighted by molar-refractivity contribution is 7.98. The molecule has 8 nitrogen and oxygen atoms in total. The zero-order valence-corrected chi connectivity index (χ0v) is 17.8. The number of aliphatic hydroxyl groups is 1. The lowest BCUT2D eigenvalue weighted by Crippen LogP contribution is -2.03. The third-order valence-electron chi connectivity index (χ3n) is 3.94. The van der Waals surface area contributed by atoms with Gasteiger partial charge in [-0.3, -0.25) is 0 Å². The van der Waals surface area contributed by atoms with Crippen LogP contribution in [0.3, 0.4) is 0 Å². The van der Waals surface area contributed by atoms with Gasteiger partial charge in [0.1, 0.15) is 0 Å². The van der Waals surface area contributed by atoms with Crippen LogP contribution in [0.1, 0.15) is 56.9 Å². The Morgan fingerprint density at radius 1 is 0.964 bits per heavy atom. The van der Waals surface area contributed by atoms with Gasteiger partial charge in [-0.25, -0.2) is 15.0 Å².